The molecule has 3 rings (SSSR count). The summed E-state index contributed by atoms with van der Waals surface area (Å²) in [6, 6.07) is 12.6. The second-order valence-electron chi connectivity index (χ2n) is 8.64. The van der Waals surface area contributed by atoms with E-state index >= 15 is 0 Å². The number of carbonyl (C=O) groups is 2. The predicted octanol–water partition coefficient (Wildman–Crippen LogP) is 3.76. The number of sulfonamides is 1. The lowest BCUT2D eigenvalue weighted by atomic mass is 9.97. The van der Waals surface area contributed by atoms with Gasteiger partial charge in [-0.2, -0.15) is 4.31 Å². The lowest BCUT2D eigenvalue weighted by molar-refractivity contribution is -0.126. The van der Waals surface area contributed by atoms with Gasteiger partial charge in [0.25, 0.3) is 0 Å². The number of piperidine rings is 1. The Morgan fingerprint density at radius 1 is 1.00 bits per heavy atom. The third kappa shape index (κ3) is 6.42. The Kier molecular flexibility index (Phi) is 8.26. The molecule has 0 spiro atoms. The second-order valence-corrected chi connectivity index (χ2v) is 10.6. The molecule has 2 aromatic carbocycles. The highest BCUT2D eigenvalue weighted by atomic mass is 32.2. The van der Waals surface area contributed by atoms with Crippen LogP contribution < -0.4 is 10.6 Å². The fourth-order valence-electron chi connectivity index (χ4n) is 3.87. The Hall–Kier alpha value is -2.71. The molecule has 2 amide bonds. The zero-order valence-corrected chi connectivity index (χ0v) is 20.4. The topological polar surface area (TPSA) is 95.6 Å². The molecule has 0 radical (unpaired) electrons. The van der Waals surface area contributed by atoms with E-state index in [1.54, 1.807) is 12.1 Å². The van der Waals surface area contributed by atoms with Crippen molar-refractivity contribution in [1.82, 2.24) is 9.62 Å². The first-order valence-corrected chi connectivity index (χ1v) is 12.9. The summed E-state index contributed by atoms with van der Waals surface area (Å²) in [4.78, 5) is 24.6. The number of hydrogen-bond acceptors (Lipinski definition) is 4. The molecular formula is C25H33N3O4S. The zero-order chi connectivity index (χ0) is 24.0. The van der Waals surface area contributed by atoms with Crippen molar-refractivity contribution in [2.45, 2.75) is 57.9 Å². The van der Waals surface area contributed by atoms with Crippen molar-refractivity contribution in [1.29, 1.82) is 0 Å². The van der Waals surface area contributed by atoms with Crippen molar-refractivity contribution in [3.05, 3.63) is 59.2 Å². The van der Waals surface area contributed by atoms with Crippen molar-refractivity contribution >= 4 is 27.5 Å². The molecule has 2 N–H and O–H groups in total. The summed E-state index contributed by atoms with van der Waals surface area (Å²) in [6.07, 6.45) is 2.28. The van der Waals surface area contributed by atoms with Gasteiger partial charge in [0.15, 0.2) is 0 Å². The molecule has 1 aliphatic heterocycles. The van der Waals surface area contributed by atoms with Gasteiger partial charge in [-0.25, -0.2) is 8.42 Å². The summed E-state index contributed by atoms with van der Waals surface area (Å²) in [5.41, 5.74) is 3.68. The smallest absolute Gasteiger partial charge is 0.243 e. The van der Waals surface area contributed by atoms with Crippen LogP contribution in [0.3, 0.4) is 0 Å². The largest absolute Gasteiger partial charge is 0.352 e. The minimum absolute atomic E-state index is 0.00979. The molecule has 33 heavy (non-hydrogen) atoms. The van der Waals surface area contributed by atoms with Crippen LogP contribution in [-0.2, 0) is 26.2 Å². The van der Waals surface area contributed by atoms with Crippen molar-refractivity contribution in [3.63, 3.8) is 0 Å². The van der Waals surface area contributed by atoms with E-state index in [-0.39, 0.29) is 17.7 Å². The van der Waals surface area contributed by atoms with Gasteiger partial charge in [-0.05, 0) is 74.1 Å². The van der Waals surface area contributed by atoms with E-state index in [0.717, 1.165) is 28.8 Å². The number of aryl methyl sites for hydroxylation is 2. The maximum atomic E-state index is 13.0. The van der Waals surface area contributed by atoms with E-state index in [9.17, 15) is 18.0 Å². The molecule has 7 nitrogen and oxygen atoms in total. The zero-order valence-electron chi connectivity index (χ0n) is 19.6. The van der Waals surface area contributed by atoms with Gasteiger partial charge in [0, 0.05) is 37.7 Å². The van der Waals surface area contributed by atoms with E-state index in [0.29, 0.717) is 43.8 Å². The summed E-state index contributed by atoms with van der Waals surface area (Å²) in [7, 11) is -3.55. The lowest BCUT2D eigenvalue weighted by Gasteiger charge is -2.30. The molecule has 2 aromatic rings. The number of nitrogens with one attached hydrogen (secondary N) is 2. The molecule has 0 aromatic heterocycles. The van der Waals surface area contributed by atoms with Gasteiger partial charge in [0.2, 0.25) is 21.8 Å². The molecule has 0 atom stereocenters. The Morgan fingerprint density at radius 2 is 1.67 bits per heavy atom. The number of hydrogen-bond donors (Lipinski definition) is 2. The van der Waals surface area contributed by atoms with Crippen molar-refractivity contribution in [2.24, 2.45) is 5.92 Å². The lowest BCUT2D eigenvalue weighted by Crippen LogP contribution is -2.42. The molecule has 0 bridgehead atoms. The summed E-state index contributed by atoms with van der Waals surface area (Å²) < 4.78 is 27.4. The average Bonchev–Trinajstić information content (AvgIpc) is 2.80. The summed E-state index contributed by atoms with van der Waals surface area (Å²) in [5, 5.41) is 5.79. The summed E-state index contributed by atoms with van der Waals surface area (Å²) >= 11 is 0. The van der Waals surface area contributed by atoms with Crippen LogP contribution in [0.2, 0.25) is 0 Å². The van der Waals surface area contributed by atoms with Crippen LogP contribution in [0.4, 0.5) is 5.69 Å². The number of benzene rings is 2. The maximum Gasteiger partial charge on any atom is 0.243 e. The van der Waals surface area contributed by atoms with Gasteiger partial charge >= 0.3 is 0 Å². The van der Waals surface area contributed by atoms with Gasteiger partial charge in [0.1, 0.15) is 0 Å². The number of anilines is 1. The van der Waals surface area contributed by atoms with E-state index in [4.69, 9.17) is 0 Å². The monoisotopic (exact) mass is 471 g/mol. The molecule has 0 aliphatic carbocycles. The third-order valence-corrected chi connectivity index (χ3v) is 8.02. The highest BCUT2D eigenvalue weighted by Crippen LogP contribution is 2.25. The van der Waals surface area contributed by atoms with Crippen LogP contribution in [0.1, 0.15) is 49.3 Å². The van der Waals surface area contributed by atoms with Crippen LogP contribution in [0, 0.1) is 19.8 Å². The fourth-order valence-corrected chi connectivity index (χ4v) is 5.43. The Labute approximate surface area is 196 Å². The molecule has 1 heterocycles. The second kappa shape index (κ2) is 10.9. The van der Waals surface area contributed by atoms with Crippen LogP contribution in [0.5, 0.6) is 0 Å². The summed E-state index contributed by atoms with van der Waals surface area (Å²) in [6.45, 7) is 6.87. The van der Waals surface area contributed by atoms with E-state index < -0.39 is 10.0 Å². The van der Waals surface area contributed by atoms with E-state index in [2.05, 4.69) is 10.6 Å². The van der Waals surface area contributed by atoms with Gasteiger partial charge in [0.05, 0.1) is 4.90 Å². The van der Waals surface area contributed by atoms with Crippen molar-refractivity contribution in [2.75, 3.05) is 18.4 Å². The summed E-state index contributed by atoms with van der Waals surface area (Å²) in [5.74, 6) is -0.271. The minimum atomic E-state index is -3.55. The molecule has 0 unspecified atom stereocenters. The average molecular weight is 472 g/mol. The van der Waals surface area contributed by atoms with Gasteiger partial charge in [-0.1, -0.05) is 25.1 Å². The molecular weight excluding hydrogens is 438 g/mol. The maximum absolute atomic E-state index is 13.0. The number of nitrogens with zero attached hydrogens (tertiary/aromatic N) is 1. The van der Waals surface area contributed by atoms with Crippen LogP contribution in [0.15, 0.2) is 47.4 Å². The first-order valence-electron chi connectivity index (χ1n) is 11.4. The van der Waals surface area contributed by atoms with Gasteiger partial charge in [-0.15, -0.1) is 0 Å². The Bertz CT molecular complexity index is 1090. The quantitative estimate of drug-likeness (QED) is 0.613. The van der Waals surface area contributed by atoms with Gasteiger partial charge in [-0.3, -0.25) is 9.59 Å². The van der Waals surface area contributed by atoms with Crippen LogP contribution >= 0.6 is 0 Å². The molecule has 0 saturated carbocycles. The first-order chi connectivity index (χ1) is 15.7. The fraction of sp³-hybridized carbons (Fsp3) is 0.440. The van der Waals surface area contributed by atoms with Crippen molar-refractivity contribution in [3.8, 4) is 0 Å². The first kappa shape index (κ1) is 24.9. The predicted molar refractivity (Wildman–Crippen MR) is 129 cm³/mol. The number of carbonyl (C=O) groups excluding carboxylic acids is 2. The van der Waals surface area contributed by atoms with Crippen molar-refractivity contribution < 1.29 is 18.0 Å². The van der Waals surface area contributed by atoms with Gasteiger partial charge < -0.3 is 10.6 Å². The normalized spacial score (nSPS) is 15.2. The van der Waals surface area contributed by atoms with Crippen LogP contribution in [0.25, 0.3) is 0 Å². The highest BCUT2D eigenvalue weighted by Gasteiger charge is 2.32. The van der Waals surface area contributed by atoms with E-state index in [1.165, 1.54) is 4.31 Å². The molecule has 1 saturated heterocycles. The SMILES string of the molecule is CCCC(=O)Nc1ccc(CNC(=O)C2CCN(S(=O)(=O)c3ccc(C)c(C)c3)CC2)cc1. The minimum Gasteiger partial charge on any atom is -0.352 e. The highest BCUT2D eigenvalue weighted by molar-refractivity contribution is 7.89. The molecule has 1 fully saturated rings. The third-order valence-electron chi connectivity index (χ3n) is 6.12. The molecule has 8 heteroatoms. The Morgan fingerprint density at radius 3 is 2.27 bits per heavy atom. The Balaban J connectivity index is 1.49. The van der Waals surface area contributed by atoms with E-state index in [1.807, 2.05) is 51.1 Å². The molecule has 1 aliphatic rings. The molecule has 178 valence electrons. The van der Waals surface area contributed by atoms with Crippen LogP contribution in [-0.4, -0.2) is 37.6 Å². The standard InChI is InChI=1S/C25H33N3O4S/c1-4-5-24(29)27-22-9-7-20(8-10-22)17-26-25(30)21-12-14-28(15-13-21)33(31,32)23-11-6-18(2)19(3)16-23/h6-11,16,21H,4-5,12-15,17H2,1-3H3,(H,26,30)(H,27,29). The number of rotatable bonds is 8. The number of amides is 2.